The van der Waals surface area contributed by atoms with Crippen LogP contribution in [-0.2, 0) is 29.5 Å². The van der Waals surface area contributed by atoms with E-state index in [-0.39, 0.29) is 17.6 Å². The normalized spacial score (nSPS) is 18.3. The van der Waals surface area contributed by atoms with E-state index in [2.05, 4.69) is 5.32 Å². The zero-order valence-corrected chi connectivity index (χ0v) is 23.6. The van der Waals surface area contributed by atoms with Crippen LogP contribution in [0.5, 0.6) is 5.75 Å². The van der Waals surface area contributed by atoms with Gasteiger partial charge in [-0.3, -0.25) is 14.3 Å². The summed E-state index contributed by atoms with van der Waals surface area (Å²) in [4.78, 5) is 19.9. The average Bonchev–Trinajstić information content (AvgIpc) is 3.36. The number of aliphatic hydroxyl groups excluding tert-OH is 1. The van der Waals surface area contributed by atoms with E-state index < -0.39 is 6.41 Å². The minimum atomic E-state index is -1.04. The molecule has 2 heterocycles. The number of anilines is 1. The van der Waals surface area contributed by atoms with Crippen molar-refractivity contribution in [1.29, 1.82) is 0 Å². The standard InChI is InChI=1S/C29H37ClN4O5/c1-5-24-27(33(3)28(35)26(32-24)22-13-12-21(37-4)14-23(22)30)31-15-20-16-34(17-25(20)38-6-2)29(36)39-18-19-10-8-7-9-11-19/h7-14,20,25,29,31,36H,5-6,15-18H2,1-4H3/t20?,25-,29?/m0/s1. The van der Waals surface area contributed by atoms with Crippen LogP contribution in [0.15, 0.2) is 53.3 Å². The fraction of sp³-hybridized carbons (Fsp3) is 0.448. The third kappa shape index (κ3) is 6.80. The maximum Gasteiger partial charge on any atom is 0.278 e. The van der Waals surface area contributed by atoms with Gasteiger partial charge in [-0.2, -0.15) is 0 Å². The van der Waals surface area contributed by atoms with Gasteiger partial charge in [0.15, 0.2) is 0 Å². The maximum atomic E-state index is 13.3. The lowest BCUT2D eigenvalue weighted by Crippen LogP contribution is -2.36. The molecule has 2 unspecified atom stereocenters. The van der Waals surface area contributed by atoms with Gasteiger partial charge in [0.2, 0.25) is 6.41 Å². The van der Waals surface area contributed by atoms with Crippen molar-refractivity contribution >= 4 is 17.4 Å². The van der Waals surface area contributed by atoms with Gasteiger partial charge in [0, 0.05) is 44.8 Å². The first-order valence-corrected chi connectivity index (χ1v) is 13.6. The molecule has 3 aromatic rings. The molecule has 2 N–H and O–H groups in total. The molecular weight excluding hydrogens is 520 g/mol. The fourth-order valence-corrected chi connectivity index (χ4v) is 5.14. The minimum absolute atomic E-state index is 0.0652. The minimum Gasteiger partial charge on any atom is -0.497 e. The molecule has 39 heavy (non-hydrogen) atoms. The second-order valence-electron chi connectivity index (χ2n) is 9.53. The van der Waals surface area contributed by atoms with Crippen LogP contribution in [0, 0.1) is 5.92 Å². The molecule has 2 aromatic carbocycles. The molecule has 1 aromatic heterocycles. The number of rotatable bonds is 12. The van der Waals surface area contributed by atoms with Crippen LogP contribution in [0.25, 0.3) is 11.3 Å². The van der Waals surface area contributed by atoms with Crippen molar-refractivity contribution in [2.24, 2.45) is 13.0 Å². The number of nitrogens with one attached hydrogen (secondary N) is 1. The van der Waals surface area contributed by atoms with Crippen molar-refractivity contribution in [3.05, 3.63) is 75.2 Å². The molecule has 1 aliphatic rings. The van der Waals surface area contributed by atoms with E-state index >= 15 is 0 Å². The first-order chi connectivity index (χ1) is 18.9. The van der Waals surface area contributed by atoms with E-state index in [1.54, 1.807) is 36.9 Å². The number of halogens is 1. The second kappa shape index (κ2) is 13.4. The molecule has 0 spiro atoms. The van der Waals surface area contributed by atoms with E-state index in [1.165, 1.54) is 0 Å². The summed E-state index contributed by atoms with van der Waals surface area (Å²) in [7, 11) is 3.30. The Kier molecular flexibility index (Phi) is 9.99. The van der Waals surface area contributed by atoms with Crippen molar-refractivity contribution in [3.63, 3.8) is 0 Å². The second-order valence-corrected chi connectivity index (χ2v) is 9.94. The van der Waals surface area contributed by atoms with Gasteiger partial charge in [0.25, 0.3) is 5.56 Å². The lowest BCUT2D eigenvalue weighted by Gasteiger charge is -2.23. The fourth-order valence-electron chi connectivity index (χ4n) is 4.88. The van der Waals surface area contributed by atoms with E-state index in [4.69, 9.17) is 30.8 Å². The Labute approximate surface area is 234 Å². The first-order valence-electron chi connectivity index (χ1n) is 13.2. The van der Waals surface area contributed by atoms with Gasteiger partial charge >= 0.3 is 0 Å². The van der Waals surface area contributed by atoms with Gasteiger partial charge in [0.05, 0.1) is 30.5 Å². The molecule has 0 aliphatic carbocycles. The van der Waals surface area contributed by atoms with Crippen LogP contribution in [0.3, 0.4) is 0 Å². The van der Waals surface area contributed by atoms with Crippen LogP contribution in [-0.4, -0.2) is 65.4 Å². The van der Waals surface area contributed by atoms with Gasteiger partial charge in [-0.1, -0.05) is 48.9 Å². The Balaban J connectivity index is 1.48. The van der Waals surface area contributed by atoms with Crippen LogP contribution in [0.1, 0.15) is 25.1 Å². The first kappa shape index (κ1) is 29.0. The molecule has 1 aliphatic heterocycles. The SMILES string of the molecule is CCO[C@H]1CN(C(O)OCc2ccccc2)CC1CNc1c(CC)nc(-c2ccc(OC)cc2Cl)c(=O)n1C. The summed E-state index contributed by atoms with van der Waals surface area (Å²) in [5.74, 6) is 1.33. The number of aromatic nitrogens is 2. The summed E-state index contributed by atoms with van der Waals surface area (Å²) in [6.45, 7) is 6.50. The zero-order chi connectivity index (χ0) is 27.9. The molecule has 0 amide bonds. The molecular formula is C29H37ClN4O5. The lowest BCUT2D eigenvalue weighted by atomic mass is 10.1. The molecule has 9 nitrogen and oxygen atoms in total. The van der Waals surface area contributed by atoms with E-state index in [1.807, 2.05) is 49.1 Å². The number of hydrogen-bond donors (Lipinski definition) is 2. The van der Waals surface area contributed by atoms with Crippen LogP contribution >= 0.6 is 11.6 Å². The third-order valence-corrected chi connectivity index (χ3v) is 7.32. The monoisotopic (exact) mass is 556 g/mol. The number of ether oxygens (including phenoxy) is 3. The van der Waals surface area contributed by atoms with Crippen molar-refractivity contribution < 1.29 is 19.3 Å². The van der Waals surface area contributed by atoms with Gasteiger partial charge < -0.3 is 24.6 Å². The average molecular weight is 557 g/mol. The zero-order valence-electron chi connectivity index (χ0n) is 22.9. The van der Waals surface area contributed by atoms with Gasteiger partial charge in [-0.25, -0.2) is 4.98 Å². The predicted molar refractivity (Wildman–Crippen MR) is 152 cm³/mol. The quantitative estimate of drug-likeness (QED) is 0.324. The van der Waals surface area contributed by atoms with Crippen molar-refractivity contribution in [1.82, 2.24) is 14.5 Å². The van der Waals surface area contributed by atoms with Crippen molar-refractivity contribution in [3.8, 4) is 17.0 Å². The molecule has 1 saturated heterocycles. The highest BCUT2D eigenvalue weighted by Gasteiger charge is 2.37. The summed E-state index contributed by atoms with van der Waals surface area (Å²) in [6.07, 6.45) is -0.511. The molecule has 3 atom stereocenters. The Morgan fingerprint density at radius 2 is 1.95 bits per heavy atom. The molecule has 210 valence electrons. The van der Waals surface area contributed by atoms with Crippen molar-refractivity contribution in [2.45, 2.75) is 39.4 Å². The van der Waals surface area contributed by atoms with Crippen LogP contribution in [0.2, 0.25) is 5.02 Å². The van der Waals surface area contributed by atoms with Gasteiger partial charge in [-0.15, -0.1) is 0 Å². The molecule has 0 saturated carbocycles. The summed E-state index contributed by atoms with van der Waals surface area (Å²) in [5, 5.41) is 14.6. The number of methoxy groups -OCH3 is 1. The molecule has 0 bridgehead atoms. The topological polar surface area (TPSA) is 98.1 Å². The molecule has 1 fully saturated rings. The highest BCUT2D eigenvalue weighted by Crippen LogP contribution is 2.30. The molecule has 0 radical (unpaired) electrons. The van der Waals surface area contributed by atoms with E-state index in [0.717, 1.165) is 11.3 Å². The summed E-state index contributed by atoms with van der Waals surface area (Å²) in [5.41, 5.74) is 2.36. The highest BCUT2D eigenvalue weighted by molar-refractivity contribution is 6.33. The number of aliphatic hydroxyl groups is 1. The maximum absolute atomic E-state index is 13.3. The number of likely N-dealkylation sites (tertiary alicyclic amines) is 1. The third-order valence-electron chi connectivity index (χ3n) is 7.00. The number of hydrogen-bond acceptors (Lipinski definition) is 8. The number of aryl methyl sites for hydroxylation is 1. The van der Waals surface area contributed by atoms with E-state index in [0.29, 0.717) is 67.1 Å². The smallest absolute Gasteiger partial charge is 0.278 e. The molecule has 4 rings (SSSR count). The summed E-state index contributed by atoms with van der Waals surface area (Å²) >= 11 is 6.46. The predicted octanol–water partition coefficient (Wildman–Crippen LogP) is 3.91. The van der Waals surface area contributed by atoms with Crippen LogP contribution < -0.4 is 15.6 Å². The van der Waals surface area contributed by atoms with Crippen LogP contribution in [0.4, 0.5) is 5.82 Å². The lowest BCUT2D eigenvalue weighted by molar-refractivity contribution is -0.196. The summed E-state index contributed by atoms with van der Waals surface area (Å²) in [6, 6.07) is 14.9. The Hall–Kier alpha value is -2.95. The highest BCUT2D eigenvalue weighted by atomic mass is 35.5. The number of benzene rings is 2. The van der Waals surface area contributed by atoms with Crippen molar-refractivity contribution in [2.75, 3.05) is 38.7 Å². The molecule has 10 heteroatoms. The Bertz CT molecular complexity index is 1300. The Morgan fingerprint density at radius 1 is 1.18 bits per heavy atom. The Morgan fingerprint density at radius 3 is 2.62 bits per heavy atom. The summed E-state index contributed by atoms with van der Waals surface area (Å²) < 4.78 is 18.6. The van der Waals surface area contributed by atoms with Gasteiger partial charge in [-0.05, 0) is 37.1 Å². The number of nitrogens with zero attached hydrogens (tertiary/aromatic N) is 3. The van der Waals surface area contributed by atoms with Gasteiger partial charge in [0.1, 0.15) is 17.3 Å². The van der Waals surface area contributed by atoms with E-state index in [9.17, 15) is 9.90 Å². The largest absolute Gasteiger partial charge is 0.497 e.